The Morgan fingerprint density at radius 3 is 2.69 bits per heavy atom. The van der Waals surface area contributed by atoms with Crippen LogP contribution in [-0.4, -0.2) is 37.7 Å². The van der Waals surface area contributed by atoms with E-state index in [2.05, 4.69) is 22.9 Å². The van der Waals surface area contributed by atoms with Gasteiger partial charge in [0.25, 0.3) is 0 Å². The van der Waals surface area contributed by atoms with Gasteiger partial charge in [-0.15, -0.1) is 0 Å². The van der Waals surface area contributed by atoms with Crippen LogP contribution >= 0.6 is 0 Å². The number of hydrogen-bond donors (Lipinski definition) is 3. The molecule has 3 N–H and O–H groups in total. The molecule has 0 aliphatic carbocycles. The Balaban J connectivity index is 1.47. The molecule has 0 radical (unpaired) electrons. The highest BCUT2D eigenvalue weighted by Gasteiger charge is 2.17. The van der Waals surface area contributed by atoms with Gasteiger partial charge in [-0.2, -0.15) is 0 Å². The molecule has 1 unspecified atom stereocenters. The fraction of sp³-hybridized carbons (Fsp3) is 0.440. The monoisotopic (exact) mass is 439 g/mol. The van der Waals surface area contributed by atoms with Crippen molar-refractivity contribution in [2.24, 2.45) is 0 Å². The average Bonchev–Trinajstić information content (AvgIpc) is 3.31. The first-order valence-electron chi connectivity index (χ1n) is 11.4. The lowest BCUT2D eigenvalue weighted by Crippen LogP contribution is -2.23. The van der Waals surface area contributed by atoms with Crippen LogP contribution in [-0.2, 0) is 14.3 Å². The Hall–Kier alpha value is -3.06. The van der Waals surface area contributed by atoms with E-state index in [0.29, 0.717) is 30.2 Å². The van der Waals surface area contributed by atoms with Crippen LogP contribution in [0.3, 0.4) is 0 Å². The van der Waals surface area contributed by atoms with E-state index in [1.54, 1.807) is 0 Å². The minimum absolute atomic E-state index is 0.00736. The molecule has 7 heteroatoms. The number of para-hydroxylation sites is 2. The molecule has 172 valence electrons. The number of amides is 2. The first-order chi connectivity index (χ1) is 15.6. The Morgan fingerprint density at radius 1 is 1.03 bits per heavy atom. The topological polar surface area (TPSA) is 88.7 Å². The van der Waals surface area contributed by atoms with Gasteiger partial charge in [-0.25, -0.2) is 0 Å². The van der Waals surface area contributed by atoms with Crippen LogP contribution in [0.15, 0.2) is 48.5 Å². The maximum absolute atomic E-state index is 12.5. The van der Waals surface area contributed by atoms with E-state index in [0.717, 1.165) is 44.4 Å². The molecule has 1 fully saturated rings. The van der Waals surface area contributed by atoms with Gasteiger partial charge in [0.2, 0.25) is 11.8 Å². The third-order valence-corrected chi connectivity index (χ3v) is 5.22. The summed E-state index contributed by atoms with van der Waals surface area (Å²) in [5.74, 6) is 0.448. The van der Waals surface area contributed by atoms with Crippen LogP contribution in [0, 0.1) is 0 Å². The molecule has 1 atom stereocenters. The summed E-state index contributed by atoms with van der Waals surface area (Å²) < 4.78 is 11.5. The van der Waals surface area contributed by atoms with Gasteiger partial charge in [0.15, 0.2) is 0 Å². The van der Waals surface area contributed by atoms with Crippen LogP contribution < -0.4 is 20.7 Å². The lowest BCUT2D eigenvalue weighted by Gasteiger charge is -2.15. The van der Waals surface area contributed by atoms with E-state index in [1.165, 1.54) is 0 Å². The molecule has 1 heterocycles. The SMILES string of the molecule is CCCCCC(=O)Nc1cccc(NCC(=O)Nc2ccccc2OCC2CCCO2)c1. The summed E-state index contributed by atoms with van der Waals surface area (Å²) in [7, 11) is 0. The first-order valence-corrected chi connectivity index (χ1v) is 11.4. The fourth-order valence-electron chi connectivity index (χ4n) is 3.50. The Labute approximate surface area is 189 Å². The van der Waals surface area contributed by atoms with Crippen LogP contribution in [0.2, 0.25) is 0 Å². The van der Waals surface area contributed by atoms with Crippen molar-refractivity contribution in [1.29, 1.82) is 0 Å². The number of unbranched alkanes of at least 4 members (excludes halogenated alkanes) is 2. The van der Waals surface area contributed by atoms with Gasteiger partial charge < -0.3 is 25.4 Å². The third kappa shape index (κ3) is 7.89. The van der Waals surface area contributed by atoms with Crippen molar-refractivity contribution in [3.05, 3.63) is 48.5 Å². The Bertz CT molecular complexity index is 881. The van der Waals surface area contributed by atoms with E-state index in [1.807, 2.05) is 48.5 Å². The van der Waals surface area contributed by atoms with Crippen molar-refractivity contribution in [1.82, 2.24) is 0 Å². The quantitative estimate of drug-likeness (QED) is 0.413. The molecule has 2 amide bonds. The van der Waals surface area contributed by atoms with E-state index >= 15 is 0 Å². The molecule has 1 saturated heterocycles. The maximum Gasteiger partial charge on any atom is 0.243 e. The van der Waals surface area contributed by atoms with E-state index in [9.17, 15) is 9.59 Å². The smallest absolute Gasteiger partial charge is 0.243 e. The van der Waals surface area contributed by atoms with Crippen LogP contribution in [0.5, 0.6) is 5.75 Å². The third-order valence-electron chi connectivity index (χ3n) is 5.22. The number of hydrogen-bond acceptors (Lipinski definition) is 5. The lowest BCUT2D eigenvalue weighted by molar-refractivity contribution is -0.116. The van der Waals surface area contributed by atoms with Gasteiger partial charge in [-0.3, -0.25) is 9.59 Å². The molecule has 1 aliphatic rings. The van der Waals surface area contributed by atoms with Gasteiger partial charge in [0.1, 0.15) is 12.4 Å². The Kier molecular flexibility index (Phi) is 9.37. The summed E-state index contributed by atoms with van der Waals surface area (Å²) in [5, 5.41) is 8.90. The molecule has 0 spiro atoms. The van der Waals surface area contributed by atoms with Gasteiger partial charge in [-0.1, -0.05) is 38.0 Å². The molecule has 2 aromatic rings. The minimum Gasteiger partial charge on any atom is -0.489 e. The zero-order valence-corrected chi connectivity index (χ0v) is 18.7. The van der Waals surface area contributed by atoms with Crippen molar-refractivity contribution in [3.8, 4) is 5.75 Å². The average molecular weight is 440 g/mol. The second kappa shape index (κ2) is 12.7. The van der Waals surface area contributed by atoms with Crippen LogP contribution in [0.1, 0.15) is 45.4 Å². The van der Waals surface area contributed by atoms with Crippen molar-refractivity contribution < 1.29 is 19.1 Å². The highest BCUT2D eigenvalue weighted by Crippen LogP contribution is 2.25. The first kappa shape index (κ1) is 23.6. The van der Waals surface area contributed by atoms with Gasteiger partial charge in [0, 0.05) is 24.4 Å². The molecule has 1 aliphatic heterocycles. The van der Waals surface area contributed by atoms with Crippen molar-refractivity contribution in [3.63, 3.8) is 0 Å². The normalized spacial score (nSPS) is 15.2. The molecule has 7 nitrogen and oxygen atoms in total. The van der Waals surface area contributed by atoms with Crippen LogP contribution in [0.4, 0.5) is 17.1 Å². The summed E-state index contributed by atoms with van der Waals surface area (Å²) in [6, 6.07) is 14.8. The highest BCUT2D eigenvalue weighted by molar-refractivity contribution is 5.95. The van der Waals surface area contributed by atoms with Crippen LogP contribution in [0.25, 0.3) is 0 Å². The molecule has 2 aromatic carbocycles. The standard InChI is InChI=1S/C25H33N3O4/c1-2-3-4-14-24(29)27-20-10-7-9-19(16-20)26-17-25(30)28-22-12-5-6-13-23(22)32-18-21-11-8-15-31-21/h5-7,9-10,12-13,16,21,26H,2-4,8,11,14-15,17-18H2,1H3,(H,27,29)(H,28,30). The predicted octanol–water partition coefficient (Wildman–Crippen LogP) is 4.81. The van der Waals surface area contributed by atoms with Crippen molar-refractivity contribution in [2.45, 2.75) is 51.6 Å². The number of anilines is 3. The van der Waals surface area contributed by atoms with E-state index in [4.69, 9.17) is 9.47 Å². The number of nitrogens with one attached hydrogen (secondary N) is 3. The summed E-state index contributed by atoms with van der Waals surface area (Å²) in [5.41, 5.74) is 2.10. The fourth-order valence-corrected chi connectivity index (χ4v) is 3.50. The molecule has 32 heavy (non-hydrogen) atoms. The number of carbonyl (C=O) groups is 2. The predicted molar refractivity (Wildman–Crippen MR) is 127 cm³/mol. The van der Waals surface area contributed by atoms with E-state index < -0.39 is 0 Å². The summed E-state index contributed by atoms with van der Waals surface area (Å²) in [6.45, 7) is 3.46. The lowest BCUT2D eigenvalue weighted by atomic mass is 10.2. The number of benzene rings is 2. The number of ether oxygens (including phenoxy) is 2. The molecular weight excluding hydrogens is 406 g/mol. The zero-order valence-electron chi connectivity index (χ0n) is 18.7. The number of carbonyl (C=O) groups excluding carboxylic acids is 2. The van der Waals surface area contributed by atoms with Crippen molar-refractivity contribution in [2.75, 3.05) is 35.7 Å². The molecule has 3 rings (SSSR count). The summed E-state index contributed by atoms with van der Waals surface area (Å²) >= 11 is 0. The van der Waals surface area contributed by atoms with E-state index in [-0.39, 0.29) is 24.5 Å². The minimum atomic E-state index is -0.188. The second-order valence-corrected chi connectivity index (χ2v) is 7.93. The summed E-state index contributed by atoms with van der Waals surface area (Å²) in [6.07, 6.45) is 5.70. The van der Waals surface area contributed by atoms with Crippen molar-refractivity contribution >= 4 is 28.9 Å². The second-order valence-electron chi connectivity index (χ2n) is 7.93. The summed E-state index contributed by atoms with van der Waals surface area (Å²) in [4.78, 5) is 24.5. The van der Waals surface area contributed by atoms with Gasteiger partial charge in [0.05, 0.1) is 18.3 Å². The van der Waals surface area contributed by atoms with Gasteiger partial charge in [-0.05, 0) is 49.6 Å². The van der Waals surface area contributed by atoms with Gasteiger partial charge >= 0.3 is 0 Å². The highest BCUT2D eigenvalue weighted by atomic mass is 16.5. The largest absolute Gasteiger partial charge is 0.489 e. The molecule has 0 saturated carbocycles. The Morgan fingerprint density at radius 2 is 1.88 bits per heavy atom. The zero-order chi connectivity index (χ0) is 22.6. The molecule has 0 aromatic heterocycles. The maximum atomic E-state index is 12.5. The number of rotatable bonds is 12. The molecular formula is C25H33N3O4. The molecule has 0 bridgehead atoms.